The minimum atomic E-state index is -0.0781. The van der Waals surface area contributed by atoms with Crippen molar-refractivity contribution in [1.82, 2.24) is 10.3 Å². The normalized spacial score (nSPS) is 21.7. The Morgan fingerprint density at radius 1 is 1.50 bits per heavy atom. The first-order chi connectivity index (χ1) is 9.76. The van der Waals surface area contributed by atoms with Gasteiger partial charge < -0.3 is 15.4 Å². The molecule has 2 unspecified atom stereocenters. The zero-order valence-corrected chi connectivity index (χ0v) is 12.2. The first-order valence-electron chi connectivity index (χ1n) is 7.27. The number of ether oxygens (including phenoxy) is 1. The van der Waals surface area contributed by atoms with Gasteiger partial charge in [-0.3, -0.25) is 9.78 Å². The minimum Gasteiger partial charge on any atom is -0.384 e. The highest BCUT2D eigenvalue weighted by Gasteiger charge is 2.29. The summed E-state index contributed by atoms with van der Waals surface area (Å²) in [6.07, 6.45) is 7.53. The molecule has 1 aromatic heterocycles. The van der Waals surface area contributed by atoms with Crippen molar-refractivity contribution in [3.63, 3.8) is 0 Å². The van der Waals surface area contributed by atoms with E-state index in [9.17, 15) is 4.79 Å². The molecular formula is C15H23N3O2. The fourth-order valence-corrected chi connectivity index (χ4v) is 2.61. The van der Waals surface area contributed by atoms with Crippen molar-refractivity contribution in [1.29, 1.82) is 0 Å². The van der Waals surface area contributed by atoms with Crippen LogP contribution in [0.25, 0.3) is 0 Å². The van der Waals surface area contributed by atoms with Gasteiger partial charge in [0.15, 0.2) is 0 Å². The zero-order valence-electron chi connectivity index (χ0n) is 12.2. The smallest absolute Gasteiger partial charge is 0.255 e. The van der Waals surface area contributed by atoms with Crippen LogP contribution in [0.2, 0.25) is 0 Å². The summed E-state index contributed by atoms with van der Waals surface area (Å²) < 4.78 is 5.41. The number of hydrogen-bond donors (Lipinski definition) is 2. The van der Waals surface area contributed by atoms with Crippen LogP contribution in [-0.4, -0.2) is 36.7 Å². The van der Waals surface area contributed by atoms with Crippen LogP contribution in [0.5, 0.6) is 0 Å². The molecule has 0 aliphatic heterocycles. The predicted molar refractivity (Wildman–Crippen MR) is 78.9 cm³/mol. The molecule has 0 radical (unpaired) electrons. The summed E-state index contributed by atoms with van der Waals surface area (Å²) in [4.78, 5) is 16.5. The first kappa shape index (κ1) is 14.8. The molecular weight excluding hydrogens is 254 g/mol. The molecule has 0 saturated heterocycles. The Morgan fingerprint density at radius 3 is 3.10 bits per heavy atom. The lowest BCUT2D eigenvalue weighted by Crippen LogP contribution is -2.41. The summed E-state index contributed by atoms with van der Waals surface area (Å²) in [5, 5.41) is 6.33. The Balaban J connectivity index is 2.05. The van der Waals surface area contributed by atoms with Crippen LogP contribution in [-0.2, 0) is 4.74 Å². The predicted octanol–water partition coefficient (Wildman–Crippen LogP) is 2.20. The van der Waals surface area contributed by atoms with E-state index in [0.717, 1.165) is 37.9 Å². The number of anilines is 1. The van der Waals surface area contributed by atoms with Gasteiger partial charge in [-0.25, -0.2) is 0 Å². The number of nitrogens with zero attached hydrogens (tertiary/aromatic N) is 1. The van der Waals surface area contributed by atoms with Gasteiger partial charge in [-0.1, -0.05) is 6.92 Å². The largest absolute Gasteiger partial charge is 0.384 e. The van der Waals surface area contributed by atoms with Crippen molar-refractivity contribution in [2.24, 2.45) is 0 Å². The van der Waals surface area contributed by atoms with Crippen LogP contribution in [0.4, 0.5) is 5.69 Å². The second-order valence-electron chi connectivity index (χ2n) is 5.13. The number of aromatic nitrogens is 1. The molecule has 2 N–H and O–H groups in total. The quantitative estimate of drug-likeness (QED) is 0.836. The van der Waals surface area contributed by atoms with Crippen molar-refractivity contribution in [3.05, 3.63) is 24.0 Å². The zero-order chi connectivity index (χ0) is 14.4. The molecule has 1 fully saturated rings. The van der Waals surface area contributed by atoms with E-state index in [1.54, 1.807) is 19.5 Å². The maximum Gasteiger partial charge on any atom is 0.255 e. The van der Waals surface area contributed by atoms with Crippen molar-refractivity contribution in [3.8, 4) is 0 Å². The third-order valence-electron chi connectivity index (χ3n) is 3.70. The summed E-state index contributed by atoms with van der Waals surface area (Å²) in [6.45, 7) is 2.93. The van der Waals surface area contributed by atoms with Gasteiger partial charge in [0.2, 0.25) is 0 Å². The number of nitrogens with one attached hydrogen (secondary N) is 2. The fraction of sp³-hybridized carbons (Fsp3) is 0.600. The summed E-state index contributed by atoms with van der Waals surface area (Å²) in [5.74, 6) is -0.0781. The Hall–Kier alpha value is -1.62. The van der Waals surface area contributed by atoms with E-state index in [0.29, 0.717) is 5.56 Å². The average Bonchev–Trinajstić information content (AvgIpc) is 2.92. The van der Waals surface area contributed by atoms with Gasteiger partial charge in [0, 0.05) is 26.0 Å². The van der Waals surface area contributed by atoms with E-state index >= 15 is 0 Å². The Bertz CT molecular complexity index is 450. The van der Waals surface area contributed by atoms with Crippen LogP contribution in [0, 0.1) is 0 Å². The molecule has 5 heteroatoms. The molecule has 1 saturated carbocycles. The van der Waals surface area contributed by atoms with E-state index in [2.05, 4.69) is 22.5 Å². The van der Waals surface area contributed by atoms with Gasteiger partial charge in [0.25, 0.3) is 5.91 Å². The van der Waals surface area contributed by atoms with Crippen LogP contribution in [0.15, 0.2) is 18.5 Å². The number of methoxy groups -OCH3 is 1. The van der Waals surface area contributed by atoms with E-state index in [1.165, 1.54) is 0 Å². The maximum atomic E-state index is 12.4. The summed E-state index contributed by atoms with van der Waals surface area (Å²) in [6, 6.07) is 1.94. The van der Waals surface area contributed by atoms with Crippen molar-refractivity contribution < 1.29 is 9.53 Å². The van der Waals surface area contributed by atoms with Gasteiger partial charge in [0.1, 0.15) is 0 Å². The van der Waals surface area contributed by atoms with Crippen LogP contribution < -0.4 is 10.6 Å². The Kier molecular flexibility index (Phi) is 5.35. The van der Waals surface area contributed by atoms with E-state index in [-0.39, 0.29) is 18.1 Å². The molecule has 0 spiro atoms. The molecule has 1 aromatic rings. The second-order valence-corrected chi connectivity index (χ2v) is 5.13. The Labute approximate surface area is 120 Å². The number of hydrogen-bond acceptors (Lipinski definition) is 4. The summed E-state index contributed by atoms with van der Waals surface area (Å²) in [7, 11) is 1.70. The van der Waals surface area contributed by atoms with Gasteiger partial charge >= 0.3 is 0 Å². The maximum absolute atomic E-state index is 12.4. The molecule has 0 bridgehead atoms. The van der Waals surface area contributed by atoms with Crippen molar-refractivity contribution >= 4 is 11.6 Å². The van der Waals surface area contributed by atoms with Gasteiger partial charge in [0.05, 0.1) is 23.4 Å². The lowest BCUT2D eigenvalue weighted by molar-refractivity contribution is 0.0722. The minimum absolute atomic E-state index is 0.0781. The number of carbonyl (C=O) groups is 1. The molecule has 1 heterocycles. The number of pyridine rings is 1. The topological polar surface area (TPSA) is 63.2 Å². The molecule has 1 aliphatic carbocycles. The highest BCUT2D eigenvalue weighted by Crippen LogP contribution is 2.22. The first-order valence-corrected chi connectivity index (χ1v) is 7.27. The molecule has 1 amide bonds. The van der Waals surface area contributed by atoms with E-state index < -0.39 is 0 Å². The summed E-state index contributed by atoms with van der Waals surface area (Å²) >= 11 is 0. The average molecular weight is 277 g/mol. The van der Waals surface area contributed by atoms with Crippen molar-refractivity contribution in [2.75, 3.05) is 19.0 Å². The van der Waals surface area contributed by atoms with Gasteiger partial charge in [-0.15, -0.1) is 0 Å². The van der Waals surface area contributed by atoms with Gasteiger partial charge in [-0.2, -0.15) is 0 Å². The van der Waals surface area contributed by atoms with Crippen molar-refractivity contribution in [2.45, 2.75) is 44.8 Å². The SMILES string of the molecule is CCCNc1ccncc1C(=O)NC1CCCC1OC. The number of carbonyl (C=O) groups excluding carboxylic acids is 1. The highest BCUT2D eigenvalue weighted by molar-refractivity contribution is 5.99. The Morgan fingerprint density at radius 2 is 2.35 bits per heavy atom. The van der Waals surface area contributed by atoms with Gasteiger partial charge in [-0.05, 0) is 31.7 Å². The monoisotopic (exact) mass is 277 g/mol. The van der Waals surface area contributed by atoms with E-state index in [1.807, 2.05) is 6.07 Å². The second kappa shape index (κ2) is 7.24. The lowest BCUT2D eigenvalue weighted by atomic mass is 10.1. The third-order valence-corrected chi connectivity index (χ3v) is 3.70. The molecule has 2 rings (SSSR count). The van der Waals surface area contributed by atoms with Crippen LogP contribution in [0.1, 0.15) is 43.0 Å². The fourth-order valence-electron chi connectivity index (χ4n) is 2.61. The molecule has 0 aromatic carbocycles. The molecule has 1 aliphatic rings. The van der Waals surface area contributed by atoms with E-state index in [4.69, 9.17) is 4.74 Å². The number of amides is 1. The summed E-state index contributed by atoms with van der Waals surface area (Å²) in [5.41, 5.74) is 1.44. The molecule has 2 atom stereocenters. The molecule has 20 heavy (non-hydrogen) atoms. The van der Waals surface area contributed by atoms with Crippen LogP contribution >= 0.6 is 0 Å². The standard InChI is InChI=1S/C15H23N3O2/c1-3-8-17-12-7-9-16-10-11(12)15(19)18-13-5-4-6-14(13)20-2/h7,9-10,13-14H,3-6,8H2,1-2H3,(H,16,17)(H,18,19). The number of rotatable bonds is 6. The highest BCUT2D eigenvalue weighted by atomic mass is 16.5. The third kappa shape index (κ3) is 3.48. The molecule has 110 valence electrons. The lowest BCUT2D eigenvalue weighted by Gasteiger charge is -2.20. The molecule has 5 nitrogen and oxygen atoms in total. The van der Waals surface area contributed by atoms with Crippen LogP contribution in [0.3, 0.4) is 0 Å².